The van der Waals surface area contributed by atoms with E-state index in [2.05, 4.69) is 10.6 Å². The second kappa shape index (κ2) is 8.56. The third-order valence-electron chi connectivity index (χ3n) is 4.38. The van der Waals surface area contributed by atoms with Crippen molar-refractivity contribution in [1.82, 2.24) is 10.2 Å². The molecule has 1 fully saturated rings. The molecule has 0 unspecified atom stereocenters. The number of phenolic OH excluding ortho intramolecular Hbond substituents is 1. The Kier molecular flexibility index (Phi) is 5.91. The van der Waals surface area contributed by atoms with Crippen molar-refractivity contribution < 1.29 is 29.0 Å². The van der Waals surface area contributed by atoms with Gasteiger partial charge in [0.05, 0.1) is 14.2 Å². The molecule has 1 heterocycles. The van der Waals surface area contributed by atoms with E-state index in [0.717, 1.165) is 10.5 Å². The summed E-state index contributed by atoms with van der Waals surface area (Å²) in [6.07, 6.45) is 1.41. The lowest BCUT2D eigenvalue weighted by Crippen LogP contribution is -2.38. The molecular formula is C21H21N3O6. The van der Waals surface area contributed by atoms with Gasteiger partial charge in [0.25, 0.3) is 5.91 Å². The summed E-state index contributed by atoms with van der Waals surface area (Å²) >= 11 is 0. The second-order valence-electron chi connectivity index (χ2n) is 6.57. The number of methoxy groups -OCH3 is 2. The summed E-state index contributed by atoms with van der Waals surface area (Å²) in [7, 11) is 2.75. The fourth-order valence-electron chi connectivity index (χ4n) is 2.95. The number of carbonyl (C=O) groups is 3. The number of phenols is 1. The van der Waals surface area contributed by atoms with Crippen molar-refractivity contribution in [1.29, 1.82) is 0 Å². The maximum Gasteiger partial charge on any atom is 0.329 e. The number of hydrogen-bond acceptors (Lipinski definition) is 6. The average Bonchev–Trinajstić information content (AvgIpc) is 2.96. The number of imide groups is 1. The van der Waals surface area contributed by atoms with Crippen molar-refractivity contribution in [2.75, 3.05) is 26.1 Å². The van der Waals surface area contributed by atoms with Crippen LogP contribution in [0.15, 0.2) is 42.1 Å². The van der Waals surface area contributed by atoms with E-state index in [1.54, 1.807) is 18.2 Å². The minimum Gasteiger partial charge on any atom is -0.502 e. The second-order valence-corrected chi connectivity index (χ2v) is 6.57. The Morgan fingerprint density at radius 2 is 1.83 bits per heavy atom. The molecule has 156 valence electrons. The Morgan fingerprint density at radius 3 is 2.43 bits per heavy atom. The smallest absolute Gasteiger partial charge is 0.329 e. The Labute approximate surface area is 172 Å². The number of aromatic hydroxyl groups is 1. The highest BCUT2D eigenvalue weighted by molar-refractivity contribution is 6.16. The number of carbonyl (C=O) groups excluding carboxylic acids is 3. The van der Waals surface area contributed by atoms with Gasteiger partial charge >= 0.3 is 6.03 Å². The van der Waals surface area contributed by atoms with E-state index in [4.69, 9.17) is 9.47 Å². The highest BCUT2D eigenvalue weighted by Crippen LogP contribution is 2.37. The molecule has 1 aliphatic heterocycles. The molecule has 0 bridgehead atoms. The number of anilines is 1. The average molecular weight is 411 g/mol. The Hall–Kier alpha value is -4.01. The number of ether oxygens (including phenoxy) is 2. The maximum atomic E-state index is 12.6. The monoisotopic (exact) mass is 411 g/mol. The van der Waals surface area contributed by atoms with Gasteiger partial charge in [-0.25, -0.2) is 9.69 Å². The minimum atomic E-state index is -0.705. The molecule has 2 aromatic rings. The molecule has 3 rings (SSSR count). The number of benzene rings is 2. The fourth-order valence-corrected chi connectivity index (χ4v) is 2.95. The Morgan fingerprint density at radius 1 is 1.17 bits per heavy atom. The van der Waals surface area contributed by atoms with Gasteiger partial charge in [0.2, 0.25) is 11.7 Å². The van der Waals surface area contributed by atoms with Crippen LogP contribution >= 0.6 is 0 Å². The van der Waals surface area contributed by atoms with Crippen LogP contribution in [0.3, 0.4) is 0 Å². The van der Waals surface area contributed by atoms with E-state index >= 15 is 0 Å². The fraction of sp³-hybridized carbons (Fsp3) is 0.190. The first-order valence-corrected chi connectivity index (χ1v) is 8.98. The van der Waals surface area contributed by atoms with Crippen LogP contribution in [0, 0.1) is 6.92 Å². The summed E-state index contributed by atoms with van der Waals surface area (Å²) in [5.41, 5.74) is 1.98. The summed E-state index contributed by atoms with van der Waals surface area (Å²) in [5, 5.41) is 15.1. The maximum absolute atomic E-state index is 12.6. The number of nitrogens with one attached hydrogen (secondary N) is 2. The molecule has 0 radical (unpaired) electrons. The van der Waals surface area contributed by atoms with Crippen molar-refractivity contribution in [3.8, 4) is 17.2 Å². The molecule has 2 aromatic carbocycles. The van der Waals surface area contributed by atoms with E-state index < -0.39 is 24.4 Å². The number of urea groups is 1. The number of rotatable bonds is 6. The van der Waals surface area contributed by atoms with Gasteiger partial charge in [-0.2, -0.15) is 0 Å². The van der Waals surface area contributed by atoms with Crippen LogP contribution in [0.1, 0.15) is 11.1 Å². The van der Waals surface area contributed by atoms with Crippen molar-refractivity contribution >= 4 is 29.6 Å². The van der Waals surface area contributed by atoms with Crippen LogP contribution in [-0.2, 0) is 9.59 Å². The van der Waals surface area contributed by atoms with Crippen molar-refractivity contribution in [3.05, 3.63) is 53.2 Å². The van der Waals surface area contributed by atoms with Crippen LogP contribution in [0.5, 0.6) is 17.2 Å². The van der Waals surface area contributed by atoms with Crippen molar-refractivity contribution in [3.63, 3.8) is 0 Å². The van der Waals surface area contributed by atoms with Crippen LogP contribution in [0.2, 0.25) is 0 Å². The zero-order valence-corrected chi connectivity index (χ0v) is 16.7. The van der Waals surface area contributed by atoms with Crippen LogP contribution in [-0.4, -0.2) is 48.6 Å². The van der Waals surface area contributed by atoms with Crippen molar-refractivity contribution in [2.24, 2.45) is 0 Å². The zero-order chi connectivity index (χ0) is 21.8. The predicted molar refractivity (Wildman–Crippen MR) is 109 cm³/mol. The molecule has 0 atom stereocenters. The molecule has 9 nitrogen and oxygen atoms in total. The molecule has 4 amide bonds. The van der Waals surface area contributed by atoms with Crippen LogP contribution in [0.4, 0.5) is 10.5 Å². The zero-order valence-electron chi connectivity index (χ0n) is 16.7. The summed E-state index contributed by atoms with van der Waals surface area (Å²) in [4.78, 5) is 37.9. The molecule has 1 aliphatic rings. The molecule has 0 aromatic heterocycles. The topological polar surface area (TPSA) is 117 Å². The van der Waals surface area contributed by atoms with Gasteiger partial charge in [-0.05, 0) is 48.4 Å². The number of aryl methyl sites for hydroxylation is 1. The van der Waals surface area contributed by atoms with Gasteiger partial charge < -0.3 is 25.2 Å². The summed E-state index contributed by atoms with van der Waals surface area (Å²) in [5.74, 6) is -1.04. The SMILES string of the molecule is COc1cc(/C=C2/NC(=O)N(CC(=O)Nc3cccc(C)c3)C2=O)cc(OC)c1O. The van der Waals surface area contributed by atoms with E-state index in [-0.39, 0.29) is 22.9 Å². The predicted octanol–water partition coefficient (Wildman–Crippen LogP) is 2.25. The molecule has 1 saturated heterocycles. The molecule has 30 heavy (non-hydrogen) atoms. The standard InChI is InChI=1S/C21H21N3O6/c1-12-5-4-6-14(7-12)22-18(25)11-24-20(27)15(23-21(24)28)8-13-9-16(29-2)19(26)17(10-13)30-3/h4-10,26H,11H2,1-3H3,(H,22,25)(H,23,28)/b15-8+. The number of hydrogen-bond donors (Lipinski definition) is 3. The van der Waals surface area contributed by atoms with Gasteiger partial charge in [0, 0.05) is 5.69 Å². The number of amides is 4. The van der Waals surface area contributed by atoms with Gasteiger partial charge in [0.1, 0.15) is 12.2 Å². The molecule has 0 spiro atoms. The normalized spacial score (nSPS) is 14.6. The molecule has 0 saturated carbocycles. The van der Waals surface area contributed by atoms with E-state index in [1.807, 2.05) is 13.0 Å². The molecule has 3 N–H and O–H groups in total. The number of nitrogens with zero attached hydrogens (tertiary/aromatic N) is 1. The highest BCUT2D eigenvalue weighted by Gasteiger charge is 2.35. The highest BCUT2D eigenvalue weighted by atomic mass is 16.5. The first kappa shape index (κ1) is 20.7. The lowest BCUT2D eigenvalue weighted by molar-refractivity contribution is -0.127. The van der Waals surface area contributed by atoms with Crippen LogP contribution < -0.4 is 20.1 Å². The molecule has 9 heteroatoms. The molecular weight excluding hydrogens is 390 g/mol. The van der Waals surface area contributed by atoms with Crippen molar-refractivity contribution in [2.45, 2.75) is 6.92 Å². The largest absolute Gasteiger partial charge is 0.502 e. The minimum absolute atomic E-state index is 0.0156. The van der Waals surface area contributed by atoms with E-state index in [1.165, 1.54) is 32.4 Å². The quantitative estimate of drug-likeness (QED) is 0.496. The van der Waals surface area contributed by atoms with E-state index in [9.17, 15) is 19.5 Å². The van der Waals surface area contributed by atoms with Gasteiger partial charge in [-0.1, -0.05) is 12.1 Å². The first-order chi connectivity index (χ1) is 14.3. The molecule has 0 aliphatic carbocycles. The summed E-state index contributed by atoms with van der Waals surface area (Å²) < 4.78 is 10.2. The summed E-state index contributed by atoms with van der Waals surface area (Å²) in [6, 6.07) is 9.43. The Balaban J connectivity index is 1.77. The third kappa shape index (κ3) is 4.35. The third-order valence-corrected chi connectivity index (χ3v) is 4.38. The Bertz CT molecular complexity index is 1020. The van der Waals surface area contributed by atoms with Gasteiger partial charge in [0.15, 0.2) is 11.5 Å². The summed E-state index contributed by atoms with van der Waals surface area (Å²) in [6.45, 7) is 1.45. The lowest BCUT2D eigenvalue weighted by atomic mass is 10.1. The van der Waals surface area contributed by atoms with Gasteiger partial charge in [-0.3, -0.25) is 9.59 Å². The lowest BCUT2D eigenvalue weighted by Gasteiger charge is -2.12. The first-order valence-electron chi connectivity index (χ1n) is 8.98. The van der Waals surface area contributed by atoms with Gasteiger partial charge in [-0.15, -0.1) is 0 Å². The van der Waals surface area contributed by atoms with E-state index in [0.29, 0.717) is 11.3 Å². The van der Waals surface area contributed by atoms with Crippen LogP contribution in [0.25, 0.3) is 6.08 Å².